The normalized spacial score (nSPS) is 11.2. The van der Waals surface area contributed by atoms with E-state index in [0.29, 0.717) is 17.0 Å². The number of hydrogen-bond acceptors (Lipinski definition) is 5. The number of carbonyl (C=O) groups excluding carboxylic acids is 1. The van der Waals surface area contributed by atoms with Crippen molar-refractivity contribution in [1.29, 1.82) is 5.26 Å². The Hall–Kier alpha value is -4.41. The van der Waals surface area contributed by atoms with Crippen LogP contribution in [0.4, 0.5) is 11.4 Å². The van der Waals surface area contributed by atoms with Crippen molar-refractivity contribution in [2.75, 3.05) is 5.32 Å². The third kappa shape index (κ3) is 4.21. The Bertz CT molecular complexity index is 1430. The summed E-state index contributed by atoms with van der Waals surface area (Å²) in [7, 11) is 0. The van der Waals surface area contributed by atoms with Crippen LogP contribution >= 0.6 is 11.6 Å². The molecular formula is C24H14ClN3O4. The van der Waals surface area contributed by atoms with E-state index < -0.39 is 10.8 Å². The van der Waals surface area contributed by atoms with Gasteiger partial charge >= 0.3 is 0 Å². The van der Waals surface area contributed by atoms with E-state index in [0.717, 1.165) is 10.8 Å². The monoisotopic (exact) mass is 443 g/mol. The Morgan fingerprint density at radius 1 is 1.09 bits per heavy atom. The van der Waals surface area contributed by atoms with Crippen molar-refractivity contribution in [2.24, 2.45) is 0 Å². The van der Waals surface area contributed by atoms with Crippen LogP contribution in [0.1, 0.15) is 5.76 Å². The molecule has 0 radical (unpaired) electrons. The second kappa shape index (κ2) is 8.76. The zero-order valence-electron chi connectivity index (χ0n) is 16.4. The number of nitro groups is 1. The van der Waals surface area contributed by atoms with Gasteiger partial charge in [0.2, 0.25) is 0 Å². The van der Waals surface area contributed by atoms with Crippen LogP contribution in [0.25, 0.3) is 28.2 Å². The standard InChI is InChI=1S/C24H14ClN3O4/c25-20-10-8-16(13-22(20)28(30)31)23-11-9-18(32-23)12-17(14-26)24(29)27-21-7-3-5-15-4-1-2-6-19(15)21/h1-13H,(H,27,29)/b17-12+. The Kier molecular flexibility index (Phi) is 5.71. The fourth-order valence-corrected chi connectivity index (χ4v) is 3.39. The molecule has 1 amide bonds. The van der Waals surface area contributed by atoms with Gasteiger partial charge in [-0.15, -0.1) is 0 Å². The molecule has 0 aliphatic rings. The molecule has 7 nitrogen and oxygen atoms in total. The Morgan fingerprint density at radius 2 is 1.88 bits per heavy atom. The van der Waals surface area contributed by atoms with Crippen molar-refractivity contribution in [2.45, 2.75) is 0 Å². The number of nitro benzene ring substituents is 1. The maximum atomic E-state index is 12.7. The summed E-state index contributed by atoms with van der Waals surface area (Å²) in [4.78, 5) is 23.2. The lowest BCUT2D eigenvalue weighted by Gasteiger charge is -2.08. The Morgan fingerprint density at radius 3 is 2.66 bits per heavy atom. The summed E-state index contributed by atoms with van der Waals surface area (Å²) >= 11 is 5.85. The summed E-state index contributed by atoms with van der Waals surface area (Å²) in [5.74, 6) is 0.00826. The minimum absolute atomic E-state index is 0.0160. The average Bonchev–Trinajstić information content (AvgIpc) is 3.26. The molecule has 3 aromatic carbocycles. The molecule has 0 saturated heterocycles. The molecule has 156 valence electrons. The van der Waals surface area contributed by atoms with Gasteiger partial charge in [-0.1, -0.05) is 48.0 Å². The lowest BCUT2D eigenvalue weighted by molar-refractivity contribution is -0.384. The van der Waals surface area contributed by atoms with Crippen LogP contribution in [0.2, 0.25) is 5.02 Å². The average molecular weight is 444 g/mol. The van der Waals surface area contributed by atoms with Crippen LogP contribution in [0.5, 0.6) is 0 Å². The Balaban J connectivity index is 1.60. The van der Waals surface area contributed by atoms with Crippen LogP contribution in [0.15, 0.2) is 82.8 Å². The molecule has 1 N–H and O–H groups in total. The predicted molar refractivity (Wildman–Crippen MR) is 122 cm³/mol. The number of halogens is 1. The molecule has 0 aliphatic heterocycles. The molecule has 0 fully saturated rings. The van der Waals surface area contributed by atoms with Gasteiger partial charge in [0.1, 0.15) is 28.2 Å². The number of fused-ring (bicyclic) bond motifs is 1. The molecule has 1 heterocycles. The van der Waals surface area contributed by atoms with Crippen LogP contribution in [0.3, 0.4) is 0 Å². The SMILES string of the molecule is N#C/C(=C\c1ccc(-c2ccc(Cl)c([N+](=O)[O-])c2)o1)C(=O)Nc1cccc2ccccc12. The molecule has 0 bridgehead atoms. The number of nitrogens with zero attached hydrogens (tertiary/aromatic N) is 2. The quantitative estimate of drug-likeness (QED) is 0.171. The van der Waals surface area contributed by atoms with Gasteiger partial charge in [0.15, 0.2) is 0 Å². The highest BCUT2D eigenvalue weighted by Crippen LogP contribution is 2.31. The number of hydrogen-bond donors (Lipinski definition) is 1. The molecule has 0 spiro atoms. The van der Waals surface area contributed by atoms with Crippen LogP contribution in [-0.2, 0) is 4.79 Å². The van der Waals surface area contributed by atoms with Crippen LogP contribution in [0, 0.1) is 21.4 Å². The van der Waals surface area contributed by atoms with Crippen molar-refractivity contribution in [3.63, 3.8) is 0 Å². The Labute approximate surface area is 187 Å². The van der Waals surface area contributed by atoms with E-state index in [1.807, 2.05) is 42.5 Å². The van der Waals surface area contributed by atoms with Gasteiger partial charge in [-0.25, -0.2) is 0 Å². The first-order valence-electron chi connectivity index (χ1n) is 9.41. The largest absolute Gasteiger partial charge is 0.457 e. The summed E-state index contributed by atoms with van der Waals surface area (Å²) in [6, 6.07) is 22.4. The first kappa shape index (κ1) is 20.8. The van der Waals surface area contributed by atoms with E-state index in [4.69, 9.17) is 16.0 Å². The number of furan rings is 1. The second-order valence-corrected chi connectivity index (χ2v) is 7.18. The van der Waals surface area contributed by atoms with E-state index in [1.54, 1.807) is 24.3 Å². The predicted octanol–water partition coefficient (Wildman–Crippen LogP) is 6.21. The summed E-state index contributed by atoms with van der Waals surface area (Å²) in [6.07, 6.45) is 1.31. The lowest BCUT2D eigenvalue weighted by atomic mass is 10.1. The lowest BCUT2D eigenvalue weighted by Crippen LogP contribution is -2.13. The number of carbonyl (C=O) groups is 1. The molecule has 0 saturated carbocycles. The van der Waals surface area contributed by atoms with E-state index in [9.17, 15) is 20.2 Å². The first-order valence-corrected chi connectivity index (χ1v) is 9.79. The van der Waals surface area contributed by atoms with Gasteiger partial charge in [-0.3, -0.25) is 14.9 Å². The highest BCUT2D eigenvalue weighted by Gasteiger charge is 2.16. The fourth-order valence-electron chi connectivity index (χ4n) is 3.21. The van der Waals surface area contributed by atoms with Crippen molar-refractivity contribution in [3.8, 4) is 17.4 Å². The maximum Gasteiger partial charge on any atom is 0.288 e. The topological polar surface area (TPSA) is 109 Å². The molecular weight excluding hydrogens is 430 g/mol. The number of anilines is 1. The highest BCUT2D eigenvalue weighted by molar-refractivity contribution is 6.32. The van der Waals surface area contributed by atoms with Gasteiger partial charge in [0.05, 0.1) is 4.92 Å². The van der Waals surface area contributed by atoms with Gasteiger partial charge < -0.3 is 9.73 Å². The van der Waals surface area contributed by atoms with Gasteiger partial charge in [-0.2, -0.15) is 5.26 Å². The smallest absolute Gasteiger partial charge is 0.288 e. The zero-order valence-corrected chi connectivity index (χ0v) is 17.2. The van der Waals surface area contributed by atoms with Crippen LogP contribution in [-0.4, -0.2) is 10.8 Å². The summed E-state index contributed by atoms with van der Waals surface area (Å²) in [6.45, 7) is 0. The van der Waals surface area contributed by atoms with Crippen molar-refractivity contribution in [3.05, 3.63) is 99.3 Å². The fraction of sp³-hybridized carbons (Fsp3) is 0. The van der Waals surface area contributed by atoms with E-state index >= 15 is 0 Å². The van der Waals surface area contributed by atoms with E-state index in [1.165, 1.54) is 18.2 Å². The minimum atomic E-state index is -0.582. The van der Waals surface area contributed by atoms with Crippen molar-refractivity contribution in [1.82, 2.24) is 0 Å². The number of nitrogens with one attached hydrogen (secondary N) is 1. The summed E-state index contributed by atoms with van der Waals surface area (Å²) in [5.41, 5.74) is 0.632. The number of amides is 1. The number of rotatable bonds is 5. The molecule has 8 heteroatoms. The van der Waals surface area contributed by atoms with E-state index in [2.05, 4.69) is 5.32 Å². The van der Waals surface area contributed by atoms with Gasteiger partial charge in [0, 0.05) is 28.8 Å². The molecule has 0 atom stereocenters. The zero-order chi connectivity index (χ0) is 22.7. The summed E-state index contributed by atoms with van der Waals surface area (Å²) in [5, 5.41) is 25.2. The third-order valence-corrected chi connectivity index (χ3v) is 5.06. The molecule has 4 rings (SSSR count). The molecule has 0 aliphatic carbocycles. The van der Waals surface area contributed by atoms with Crippen molar-refractivity contribution >= 4 is 45.7 Å². The molecule has 1 aromatic heterocycles. The first-order chi connectivity index (χ1) is 15.5. The minimum Gasteiger partial charge on any atom is -0.457 e. The molecule has 0 unspecified atom stereocenters. The summed E-state index contributed by atoms with van der Waals surface area (Å²) < 4.78 is 5.67. The number of benzene rings is 3. The van der Waals surface area contributed by atoms with Crippen LogP contribution < -0.4 is 5.32 Å². The van der Waals surface area contributed by atoms with Gasteiger partial charge in [-0.05, 0) is 35.7 Å². The maximum absolute atomic E-state index is 12.7. The molecule has 32 heavy (non-hydrogen) atoms. The second-order valence-electron chi connectivity index (χ2n) is 6.78. The van der Waals surface area contributed by atoms with E-state index in [-0.39, 0.29) is 22.0 Å². The third-order valence-electron chi connectivity index (χ3n) is 4.74. The molecule has 4 aromatic rings. The van der Waals surface area contributed by atoms with Crippen molar-refractivity contribution < 1.29 is 14.1 Å². The highest BCUT2D eigenvalue weighted by atomic mass is 35.5. The number of nitriles is 1. The van der Waals surface area contributed by atoms with Gasteiger partial charge in [0.25, 0.3) is 11.6 Å².